The molecule has 0 fully saturated rings. The summed E-state index contributed by atoms with van der Waals surface area (Å²) in [6, 6.07) is 12.4. The number of nitrogens with one attached hydrogen (secondary N) is 1. The number of anilines is 1. The molecule has 0 aliphatic rings. The van der Waals surface area contributed by atoms with Crippen LogP contribution in [0, 0.1) is 27.7 Å². The van der Waals surface area contributed by atoms with E-state index < -0.39 is 0 Å². The van der Waals surface area contributed by atoms with Crippen LogP contribution in [0.25, 0.3) is 16.2 Å². The maximum absolute atomic E-state index is 12.6. The molecule has 0 bridgehead atoms. The molecule has 0 radical (unpaired) electrons. The van der Waals surface area contributed by atoms with Gasteiger partial charge < -0.3 is 5.32 Å². The second kappa shape index (κ2) is 7.24. The van der Waals surface area contributed by atoms with Gasteiger partial charge in [0.25, 0.3) is 0 Å². The Morgan fingerprint density at radius 3 is 2.61 bits per heavy atom. The number of nitrogens with zero attached hydrogens (tertiary/aromatic N) is 2. The highest BCUT2D eigenvalue weighted by Gasteiger charge is 2.13. The summed E-state index contributed by atoms with van der Waals surface area (Å²) in [6.07, 6.45) is 2.34. The van der Waals surface area contributed by atoms with Crippen LogP contribution in [0.4, 0.5) is 5.69 Å². The second-order valence-electron chi connectivity index (χ2n) is 7.35. The van der Waals surface area contributed by atoms with Crippen molar-refractivity contribution in [2.24, 2.45) is 0 Å². The number of hydrogen-bond donors (Lipinski definition) is 1. The fourth-order valence-electron chi connectivity index (χ4n) is 3.31. The molecule has 0 saturated heterocycles. The van der Waals surface area contributed by atoms with Crippen LogP contribution in [-0.4, -0.2) is 15.3 Å². The Morgan fingerprint density at radius 2 is 1.86 bits per heavy atom. The minimum atomic E-state index is -0.0203. The molecule has 0 unspecified atom stereocenters. The summed E-state index contributed by atoms with van der Waals surface area (Å²) in [4.78, 5) is 18.2. The Kier molecular flexibility index (Phi) is 4.77. The van der Waals surface area contributed by atoms with E-state index in [0.29, 0.717) is 6.42 Å². The highest BCUT2D eigenvalue weighted by Crippen LogP contribution is 2.26. The van der Waals surface area contributed by atoms with Gasteiger partial charge in [-0.3, -0.25) is 9.20 Å². The maximum Gasteiger partial charge on any atom is 0.230 e. The first kappa shape index (κ1) is 18.4. The summed E-state index contributed by atoms with van der Waals surface area (Å²) in [7, 11) is 0. The number of rotatable bonds is 4. The fraction of sp³-hybridized carbons (Fsp3) is 0.217. The van der Waals surface area contributed by atoms with Gasteiger partial charge in [-0.05, 0) is 56.5 Å². The average Bonchev–Trinajstić information content (AvgIpc) is 3.22. The number of aromatic nitrogens is 2. The van der Waals surface area contributed by atoms with Crippen molar-refractivity contribution in [1.29, 1.82) is 0 Å². The smallest absolute Gasteiger partial charge is 0.230 e. The third kappa shape index (κ3) is 3.58. The first-order chi connectivity index (χ1) is 13.4. The summed E-state index contributed by atoms with van der Waals surface area (Å²) >= 11 is 1.56. The predicted molar refractivity (Wildman–Crippen MR) is 116 cm³/mol. The van der Waals surface area contributed by atoms with Gasteiger partial charge in [-0.2, -0.15) is 0 Å². The molecular weight excluding hydrogens is 366 g/mol. The molecule has 0 saturated carbocycles. The van der Waals surface area contributed by atoms with Gasteiger partial charge in [0.2, 0.25) is 5.91 Å². The highest BCUT2D eigenvalue weighted by atomic mass is 32.1. The van der Waals surface area contributed by atoms with Crippen LogP contribution >= 0.6 is 11.3 Å². The van der Waals surface area contributed by atoms with Crippen molar-refractivity contribution in [2.45, 2.75) is 34.1 Å². The molecular formula is C23H23N3OS. The van der Waals surface area contributed by atoms with Crippen molar-refractivity contribution in [1.82, 2.24) is 9.38 Å². The number of amides is 1. The molecule has 0 aliphatic carbocycles. The molecule has 5 heteroatoms. The van der Waals surface area contributed by atoms with E-state index in [0.717, 1.165) is 33.2 Å². The molecule has 1 N–H and O–H groups in total. The van der Waals surface area contributed by atoms with E-state index in [1.807, 2.05) is 42.0 Å². The Labute approximate surface area is 168 Å². The molecule has 4 rings (SSSR count). The van der Waals surface area contributed by atoms with E-state index in [1.165, 1.54) is 16.7 Å². The molecule has 2 aromatic heterocycles. The SMILES string of the molecule is Cc1ccc(NC(=O)Cc2csc3nc(-c4ccc(C)c(C)c4)cn23)c(C)c1. The normalized spacial score (nSPS) is 11.1. The van der Waals surface area contributed by atoms with Gasteiger partial charge >= 0.3 is 0 Å². The molecule has 142 valence electrons. The molecule has 1 amide bonds. The van der Waals surface area contributed by atoms with Crippen molar-refractivity contribution < 1.29 is 4.79 Å². The van der Waals surface area contributed by atoms with Crippen molar-refractivity contribution in [3.8, 4) is 11.3 Å². The largest absolute Gasteiger partial charge is 0.326 e. The lowest BCUT2D eigenvalue weighted by molar-refractivity contribution is -0.115. The zero-order valence-electron chi connectivity index (χ0n) is 16.5. The maximum atomic E-state index is 12.6. The Morgan fingerprint density at radius 1 is 1.04 bits per heavy atom. The zero-order chi connectivity index (χ0) is 19.8. The van der Waals surface area contributed by atoms with Crippen LogP contribution in [0.1, 0.15) is 27.9 Å². The quantitative estimate of drug-likeness (QED) is 0.502. The van der Waals surface area contributed by atoms with Crippen LogP contribution in [0.15, 0.2) is 48.0 Å². The molecule has 28 heavy (non-hydrogen) atoms. The molecule has 4 nitrogen and oxygen atoms in total. The van der Waals surface area contributed by atoms with Crippen molar-refractivity contribution >= 4 is 27.9 Å². The summed E-state index contributed by atoms with van der Waals surface area (Å²) in [5, 5.41) is 5.03. The van der Waals surface area contributed by atoms with Gasteiger partial charge in [0.15, 0.2) is 4.96 Å². The van der Waals surface area contributed by atoms with Gasteiger partial charge in [-0.15, -0.1) is 11.3 Å². The number of carbonyl (C=O) groups is 1. The number of imidazole rings is 1. The minimum Gasteiger partial charge on any atom is -0.326 e. The molecule has 0 spiro atoms. The van der Waals surface area contributed by atoms with Crippen molar-refractivity contribution in [3.63, 3.8) is 0 Å². The van der Waals surface area contributed by atoms with Gasteiger partial charge in [-0.1, -0.05) is 29.8 Å². The third-order valence-corrected chi connectivity index (χ3v) is 5.97. The number of fused-ring (bicyclic) bond motifs is 1. The number of benzene rings is 2. The van der Waals surface area contributed by atoms with E-state index in [9.17, 15) is 4.79 Å². The van der Waals surface area contributed by atoms with Gasteiger partial charge in [0.05, 0.1) is 12.1 Å². The lowest BCUT2D eigenvalue weighted by Gasteiger charge is -2.09. The standard InChI is InChI=1S/C23H23N3OS/c1-14-5-8-20(17(4)9-14)24-22(27)11-19-13-28-23-25-21(12-26(19)23)18-7-6-15(2)16(3)10-18/h5-10,12-13H,11H2,1-4H3,(H,24,27). The average molecular weight is 390 g/mol. The van der Waals surface area contributed by atoms with Gasteiger partial charge in [0, 0.05) is 28.5 Å². The van der Waals surface area contributed by atoms with Crippen LogP contribution in [0.5, 0.6) is 0 Å². The first-order valence-corrected chi connectivity index (χ1v) is 10.2. The molecule has 4 aromatic rings. The van der Waals surface area contributed by atoms with Gasteiger partial charge in [-0.25, -0.2) is 4.98 Å². The van der Waals surface area contributed by atoms with Crippen LogP contribution < -0.4 is 5.32 Å². The summed E-state index contributed by atoms with van der Waals surface area (Å²) < 4.78 is 2.02. The fourth-order valence-corrected chi connectivity index (χ4v) is 4.18. The number of hydrogen-bond acceptors (Lipinski definition) is 3. The Bertz CT molecular complexity index is 1190. The van der Waals surface area contributed by atoms with Crippen LogP contribution in [-0.2, 0) is 11.2 Å². The summed E-state index contributed by atoms with van der Waals surface area (Å²) in [5.74, 6) is -0.0203. The van der Waals surface area contributed by atoms with Crippen molar-refractivity contribution in [3.05, 3.63) is 75.9 Å². The lowest BCUT2D eigenvalue weighted by atomic mass is 10.0. The van der Waals surface area contributed by atoms with Crippen LogP contribution in [0.2, 0.25) is 0 Å². The van der Waals surface area contributed by atoms with E-state index in [2.05, 4.69) is 43.4 Å². The number of thiazole rings is 1. The zero-order valence-corrected chi connectivity index (χ0v) is 17.4. The van der Waals surface area contributed by atoms with E-state index >= 15 is 0 Å². The second-order valence-corrected chi connectivity index (χ2v) is 8.18. The van der Waals surface area contributed by atoms with Crippen molar-refractivity contribution in [2.75, 3.05) is 5.32 Å². The highest BCUT2D eigenvalue weighted by molar-refractivity contribution is 7.15. The third-order valence-electron chi connectivity index (χ3n) is 5.08. The lowest BCUT2D eigenvalue weighted by Crippen LogP contribution is -2.16. The molecule has 2 heterocycles. The first-order valence-electron chi connectivity index (χ1n) is 9.31. The molecule has 2 aromatic carbocycles. The Balaban J connectivity index is 1.56. The number of carbonyl (C=O) groups excluding carboxylic acids is 1. The molecule has 0 atom stereocenters. The summed E-state index contributed by atoms with van der Waals surface area (Å²) in [5.41, 5.74) is 8.63. The summed E-state index contributed by atoms with van der Waals surface area (Å²) in [6.45, 7) is 8.28. The van der Waals surface area contributed by atoms with E-state index in [4.69, 9.17) is 4.98 Å². The molecule has 0 aliphatic heterocycles. The number of aryl methyl sites for hydroxylation is 4. The predicted octanol–water partition coefficient (Wildman–Crippen LogP) is 5.48. The topological polar surface area (TPSA) is 46.4 Å². The Hall–Kier alpha value is -2.92. The minimum absolute atomic E-state index is 0.0203. The van der Waals surface area contributed by atoms with Crippen LogP contribution in [0.3, 0.4) is 0 Å². The van der Waals surface area contributed by atoms with E-state index in [-0.39, 0.29) is 5.91 Å². The monoisotopic (exact) mass is 389 g/mol. The van der Waals surface area contributed by atoms with Gasteiger partial charge in [0.1, 0.15) is 0 Å². The van der Waals surface area contributed by atoms with E-state index in [1.54, 1.807) is 11.3 Å².